The number of rotatable bonds is 5. The Morgan fingerprint density at radius 3 is 2.14 bits per heavy atom. The third kappa shape index (κ3) is 4.67. The van der Waals surface area contributed by atoms with E-state index < -0.39 is 17.5 Å². The number of carbonyl (C=O) groups is 2. The molecule has 1 aromatic heterocycles. The summed E-state index contributed by atoms with van der Waals surface area (Å²) in [4.78, 5) is 27.5. The van der Waals surface area contributed by atoms with E-state index in [-0.39, 0.29) is 23.0 Å². The van der Waals surface area contributed by atoms with Crippen molar-refractivity contribution < 1.29 is 18.4 Å². The molecule has 0 unspecified atom stereocenters. The molecule has 0 spiro atoms. The van der Waals surface area contributed by atoms with E-state index in [0.29, 0.717) is 11.4 Å². The summed E-state index contributed by atoms with van der Waals surface area (Å²) in [6.45, 7) is 1.39. The number of nitrogens with one attached hydrogen (secondary N) is 3. The Hall–Kier alpha value is -3.81. The number of amides is 2. The summed E-state index contributed by atoms with van der Waals surface area (Å²) < 4.78 is 27.4. The van der Waals surface area contributed by atoms with Crippen LogP contribution < -0.4 is 16.0 Å². The predicted molar refractivity (Wildman–Crippen MR) is 103 cm³/mol. The van der Waals surface area contributed by atoms with E-state index in [1.807, 2.05) is 0 Å². The van der Waals surface area contributed by atoms with Gasteiger partial charge >= 0.3 is 0 Å². The Kier molecular flexibility index (Phi) is 5.59. The molecule has 3 rings (SSSR count). The van der Waals surface area contributed by atoms with Crippen LogP contribution in [0.2, 0.25) is 0 Å². The van der Waals surface area contributed by atoms with Crippen LogP contribution in [0.3, 0.4) is 0 Å². The number of anilines is 4. The predicted octanol–water partition coefficient (Wildman–Crippen LogP) is 4.31. The fourth-order valence-electron chi connectivity index (χ4n) is 2.43. The van der Waals surface area contributed by atoms with Crippen LogP contribution in [0, 0.1) is 11.6 Å². The van der Waals surface area contributed by atoms with Gasteiger partial charge in [0.2, 0.25) is 5.91 Å². The number of halogens is 2. The lowest BCUT2D eigenvalue weighted by Crippen LogP contribution is -2.13. The van der Waals surface area contributed by atoms with Gasteiger partial charge in [0.05, 0.1) is 5.56 Å². The van der Waals surface area contributed by atoms with Gasteiger partial charge in [-0.1, -0.05) is 12.1 Å². The lowest BCUT2D eigenvalue weighted by molar-refractivity contribution is -0.114. The van der Waals surface area contributed by atoms with Gasteiger partial charge in [0.25, 0.3) is 5.91 Å². The zero-order valence-corrected chi connectivity index (χ0v) is 14.8. The van der Waals surface area contributed by atoms with Gasteiger partial charge in [-0.15, -0.1) is 0 Å². The number of pyridine rings is 1. The summed E-state index contributed by atoms with van der Waals surface area (Å²) in [7, 11) is 0. The van der Waals surface area contributed by atoms with E-state index in [1.54, 1.807) is 24.3 Å². The molecule has 2 aromatic carbocycles. The maximum absolute atomic E-state index is 13.7. The van der Waals surface area contributed by atoms with Crippen LogP contribution in [0.5, 0.6) is 0 Å². The van der Waals surface area contributed by atoms with Gasteiger partial charge in [-0.05, 0) is 42.5 Å². The van der Waals surface area contributed by atoms with Crippen LogP contribution in [-0.4, -0.2) is 16.8 Å². The van der Waals surface area contributed by atoms with Crippen molar-refractivity contribution in [2.45, 2.75) is 6.92 Å². The Balaban J connectivity index is 1.69. The highest BCUT2D eigenvalue weighted by Crippen LogP contribution is 2.22. The number of nitrogens with zero attached hydrogens (tertiary/aromatic N) is 1. The van der Waals surface area contributed by atoms with Crippen LogP contribution in [-0.2, 0) is 4.79 Å². The molecular formula is C20H16F2N4O2. The normalized spacial score (nSPS) is 10.2. The molecule has 0 aliphatic heterocycles. The molecule has 3 N–H and O–H groups in total. The van der Waals surface area contributed by atoms with Gasteiger partial charge in [-0.2, -0.15) is 0 Å². The molecule has 142 valence electrons. The molecule has 2 amide bonds. The van der Waals surface area contributed by atoms with Crippen molar-refractivity contribution in [1.29, 1.82) is 0 Å². The van der Waals surface area contributed by atoms with Crippen LogP contribution >= 0.6 is 0 Å². The average Bonchev–Trinajstić information content (AvgIpc) is 2.65. The molecule has 0 saturated heterocycles. The minimum Gasteiger partial charge on any atom is -0.335 e. The number of hydrogen-bond acceptors (Lipinski definition) is 4. The van der Waals surface area contributed by atoms with Gasteiger partial charge in [0.1, 0.15) is 23.1 Å². The highest BCUT2D eigenvalue weighted by Gasteiger charge is 2.11. The highest BCUT2D eigenvalue weighted by atomic mass is 19.1. The second-order valence-electron chi connectivity index (χ2n) is 5.87. The highest BCUT2D eigenvalue weighted by molar-refractivity contribution is 6.04. The van der Waals surface area contributed by atoms with Crippen molar-refractivity contribution in [2.75, 3.05) is 16.0 Å². The smallest absolute Gasteiger partial charge is 0.257 e. The van der Waals surface area contributed by atoms with Crippen LogP contribution in [0.1, 0.15) is 17.3 Å². The number of para-hydroxylation sites is 1. The molecule has 8 heteroatoms. The SMILES string of the molecule is CC(=O)Nc1cccc(NC(=O)c2ccc(Nc3c(F)cccc3F)nc2)c1. The zero-order valence-electron chi connectivity index (χ0n) is 14.8. The Bertz CT molecular complexity index is 1000. The maximum atomic E-state index is 13.7. The van der Waals surface area contributed by atoms with Gasteiger partial charge < -0.3 is 16.0 Å². The average molecular weight is 382 g/mol. The van der Waals surface area contributed by atoms with Gasteiger partial charge in [-0.25, -0.2) is 13.8 Å². The first-order chi connectivity index (χ1) is 13.4. The minimum atomic E-state index is -0.748. The van der Waals surface area contributed by atoms with E-state index in [0.717, 1.165) is 12.1 Å². The molecule has 28 heavy (non-hydrogen) atoms. The molecule has 1 heterocycles. The number of carbonyl (C=O) groups excluding carboxylic acids is 2. The van der Waals surface area contributed by atoms with Crippen molar-refractivity contribution in [3.8, 4) is 0 Å². The lowest BCUT2D eigenvalue weighted by atomic mass is 10.2. The Morgan fingerprint density at radius 2 is 1.54 bits per heavy atom. The van der Waals surface area contributed by atoms with Crippen LogP contribution in [0.4, 0.5) is 31.7 Å². The molecule has 0 aliphatic carbocycles. The largest absolute Gasteiger partial charge is 0.335 e. The molecule has 0 saturated carbocycles. The molecule has 0 radical (unpaired) electrons. The number of hydrogen-bond donors (Lipinski definition) is 3. The quantitative estimate of drug-likeness (QED) is 0.614. The van der Waals surface area contributed by atoms with Gasteiger partial charge in [-0.3, -0.25) is 9.59 Å². The van der Waals surface area contributed by atoms with Crippen molar-refractivity contribution in [3.05, 3.63) is 78.0 Å². The molecule has 0 atom stereocenters. The van der Waals surface area contributed by atoms with Crippen molar-refractivity contribution in [3.63, 3.8) is 0 Å². The molecule has 0 aliphatic rings. The molecular weight excluding hydrogens is 366 g/mol. The number of benzene rings is 2. The maximum Gasteiger partial charge on any atom is 0.257 e. The minimum absolute atomic E-state index is 0.188. The summed E-state index contributed by atoms with van der Waals surface area (Å²) >= 11 is 0. The van der Waals surface area contributed by atoms with Gasteiger partial charge in [0.15, 0.2) is 0 Å². The molecule has 0 bridgehead atoms. The van der Waals surface area contributed by atoms with Gasteiger partial charge in [0, 0.05) is 24.5 Å². The first kappa shape index (κ1) is 19.0. The van der Waals surface area contributed by atoms with Crippen LogP contribution in [0.25, 0.3) is 0 Å². The van der Waals surface area contributed by atoms with Crippen molar-refractivity contribution >= 4 is 34.7 Å². The van der Waals surface area contributed by atoms with Crippen molar-refractivity contribution in [2.24, 2.45) is 0 Å². The standard InChI is InChI=1S/C20H16F2N4O2/c1-12(27)24-14-4-2-5-15(10-14)25-20(28)13-8-9-18(23-11-13)26-19-16(21)6-3-7-17(19)22/h2-11H,1H3,(H,23,26)(H,24,27)(H,25,28). The Labute approximate surface area is 159 Å². The van der Waals surface area contributed by atoms with Crippen molar-refractivity contribution in [1.82, 2.24) is 4.98 Å². The summed E-state index contributed by atoms with van der Waals surface area (Å²) in [6, 6.07) is 13.1. The first-order valence-electron chi connectivity index (χ1n) is 8.28. The summed E-state index contributed by atoms with van der Waals surface area (Å²) in [5.41, 5.74) is 0.980. The van der Waals surface area contributed by atoms with E-state index in [9.17, 15) is 18.4 Å². The topological polar surface area (TPSA) is 83.1 Å². The molecule has 6 nitrogen and oxygen atoms in total. The van der Waals surface area contributed by atoms with E-state index in [1.165, 1.54) is 31.3 Å². The summed E-state index contributed by atoms with van der Waals surface area (Å²) in [5, 5.41) is 7.86. The second kappa shape index (κ2) is 8.26. The fraction of sp³-hybridized carbons (Fsp3) is 0.0500. The van der Waals surface area contributed by atoms with E-state index >= 15 is 0 Å². The Morgan fingerprint density at radius 1 is 0.893 bits per heavy atom. The number of aromatic nitrogens is 1. The van der Waals surface area contributed by atoms with E-state index in [4.69, 9.17) is 0 Å². The lowest BCUT2D eigenvalue weighted by Gasteiger charge is -2.10. The fourth-order valence-corrected chi connectivity index (χ4v) is 2.43. The third-order valence-electron chi connectivity index (χ3n) is 3.68. The monoisotopic (exact) mass is 382 g/mol. The summed E-state index contributed by atoms with van der Waals surface area (Å²) in [5.74, 6) is -1.95. The molecule has 0 fully saturated rings. The first-order valence-corrected chi connectivity index (χ1v) is 8.28. The second-order valence-corrected chi connectivity index (χ2v) is 5.87. The zero-order chi connectivity index (χ0) is 20.1. The molecule has 3 aromatic rings. The third-order valence-corrected chi connectivity index (χ3v) is 3.68. The van der Waals surface area contributed by atoms with Crippen LogP contribution in [0.15, 0.2) is 60.8 Å². The summed E-state index contributed by atoms with van der Waals surface area (Å²) in [6.07, 6.45) is 1.29. The van der Waals surface area contributed by atoms with E-state index in [2.05, 4.69) is 20.9 Å².